The van der Waals surface area contributed by atoms with Crippen LogP contribution in [-0.2, 0) is 0 Å². The third-order valence-electron chi connectivity index (χ3n) is 2.67. The summed E-state index contributed by atoms with van der Waals surface area (Å²) in [6.07, 6.45) is -5.47. The maximum Gasteiger partial charge on any atom is 0.389 e. The minimum absolute atomic E-state index is 0.108. The fraction of sp³-hybridized carbons (Fsp3) is 0.500. The van der Waals surface area contributed by atoms with E-state index in [2.05, 4.69) is 0 Å². The standard InChI is InChI=1S/C12H16F3NO3/c1-18-9-5-7(6-10(19-2)11(9)17)8(16)3-4-12(13,14)15/h5-6,8,17H,3-4,16H2,1-2H3/t8-/m1/s1. The van der Waals surface area contributed by atoms with Crippen LogP contribution in [0, 0.1) is 0 Å². The van der Waals surface area contributed by atoms with Crippen molar-refractivity contribution >= 4 is 0 Å². The number of benzene rings is 1. The number of hydrogen-bond donors (Lipinski definition) is 2. The summed E-state index contributed by atoms with van der Waals surface area (Å²) in [6.45, 7) is 0. The van der Waals surface area contributed by atoms with E-state index >= 15 is 0 Å². The molecule has 108 valence electrons. The fourth-order valence-corrected chi connectivity index (χ4v) is 1.61. The second kappa shape index (κ2) is 6.01. The van der Waals surface area contributed by atoms with E-state index in [1.54, 1.807) is 0 Å². The summed E-state index contributed by atoms with van der Waals surface area (Å²) >= 11 is 0. The number of rotatable bonds is 5. The number of hydrogen-bond acceptors (Lipinski definition) is 4. The van der Waals surface area contributed by atoms with Gasteiger partial charge in [0.15, 0.2) is 11.5 Å². The van der Waals surface area contributed by atoms with Gasteiger partial charge in [0.1, 0.15) is 0 Å². The van der Waals surface area contributed by atoms with E-state index in [-0.39, 0.29) is 23.7 Å². The summed E-state index contributed by atoms with van der Waals surface area (Å²) in [5.74, 6) is 0.00499. The highest BCUT2D eigenvalue weighted by Crippen LogP contribution is 2.39. The van der Waals surface area contributed by atoms with Gasteiger partial charge < -0.3 is 20.3 Å². The first-order valence-electron chi connectivity index (χ1n) is 5.55. The average molecular weight is 279 g/mol. The van der Waals surface area contributed by atoms with Crippen molar-refractivity contribution in [1.29, 1.82) is 0 Å². The summed E-state index contributed by atoms with van der Waals surface area (Å²) in [5, 5.41) is 9.68. The predicted octanol–water partition coefficient (Wildman–Crippen LogP) is 2.75. The number of alkyl halides is 3. The lowest BCUT2D eigenvalue weighted by atomic mass is 10.0. The van der Waals surface area contributed by atoms with E-state index in [1.165, 1.54) is 26.4 Å². The first-order chi connectivity index (χ1) is 8.78. The zero-order valence-corrected chi connectivity index (χ0v) is 10.6. The Morgan fingerprint density at radius 2 is 1.68 bits per heavy atom. The molecule has 1 atom stereocenters. The van der Waals surface area contributed by atoms with Gasteiger partial charge in [0.05, 0.1) is 14.2 Å². The van der Waals surface area contributed by atoms with Crippen LogP contribution in [0.15, 0.2) is 12.1 Å². The van der Waals surface area contributed by atoms with E-state index in [9.17, 15) is 18.3 Å². The molecule has 1 aromatic rings. The first-order valence-corrected chi connectivity index (χ1v) is 5.55. The number of ether oxygens (including phenoxy) is 2. The van der Waals surface area contributed by atoms with Crippen LogP contribution in [0.2, 0.25) is 0 Å². The quantitative estimate of drug-likeness (QED) is 0.869. The lowest BCUT2D eigenvalue weighted by molar-refractivity contribution is -0.136. The summed E-state index contributed by atoms with van der Waals surface area (Å²) < 4.78 is 46.3. The molecule has 0 amide bonds. The van der Waals surface area contributed by atoms with Gasteiger partial charge in [-0.2, -0.15) is 13.2 Å². The van der Waals surface area contributed by atoms with Crippen molar-refractivity contribution in [1.82, 2.24) is 0 Å². The first kappa shape index (κ1) is 15.4. The molecule has 0 aliphatic carbocycles. The van der Waals surface area contributed by atoms with E-state index < -0.39 is 18.6 Å². The van der Waals surface area contributed by atoms with Gasteiger partial charge >= 0.3 is 6.18 Å². The molecule has 19 heavy (non-hydrogen) atoms. The SMILES string of the molecule is COc1cc([C@H](N)CCC(F)(F)F)cc(OC)c1O. The molecule has 0 aliphatic rings. The third-order valence-corrected chi connectivity index (χ3v) is 2.67. The normalized spacial score (nSPS) is 13.2. The maximum absolute atomic E-state index is 12.1. The topological polar surface area (TPSA) is 64.7 Å². The molecule has 3 N–H and O–H groups in total. The van der Waals surface area contributed by atoms with E-state index in [1.807, 2.05) is 0 Å². The van der Waals surface area contributed by atoms with Gasteiger partial charge in [0, 0.05) is 12.5 Å². The van der Waals surface area contributed by atoms with Crippen LogP contribution in [0.25, 0.3) is 0 Å². The summed E-state index contributed by atoms with van der Waals surface area (Å²) in [4.78, 5) is 0. The number of nitrogens with two attached hydrogens (primary N) is 1. The number of halogens is 3. The minimum Gasteiger partial charge on any atom is -0.502 e. The average Bonchev–Trinajstić information content (AvgIpc) is 2.35. The van der Waals surface area contributed by atoms with Gasteiger partial charge in [-0.1, -0.05) is 0 Å². The third kappa shape index (κ3) is 4.20. The highest BCUT2D eigenvalue weighted by molar-refractivity contribution is 5.53. The molecule has 0 aromatic heterocycles. The molecule has 0 heterocycles. The molecule has 0 saturated carbocycles. The highest BCUT2D eigenvalue weighted by atomic mass is 19.4. The van der Waals surface area contributed by atoms with Crippen molar-refractivity contribution in [3.05, 3.63) is 17.7 Å². The van der Waals surface area contributed by atoms with Gasteiger partial charge in [-0.05, 0) is 24.1 Å². The lowest BCUT2D eigenvalue weighted by Gasteiger charge is -2.16. The minimum atomic E-state index is -4.25. The molecule has 0 fully saturated rings. The van der Waals surface area contributed by atoms with Crippen LogP contribution >= 0.6 is 0 Å². The van der Waals surface area contributed by atoms with E-state index in [0.29, 0.717) is 5.56 Å². The second-order valence-electron chi connectivity index (χ2n) is 4.03. The molecular weight excluding hydrogens is 263 g/mol. The number of phenolic OH excluding ortho intramolecular Hbond substituents is 1. The Labute approximate surface area is 108 Å². The summed E-state index contributed by atoms with van der Waals surface area (Å²) in [5.41, 5.74) is 6.12. The number of phenols is 1. The Balaban J connectivity index is 2.93. The molecule has 0 bridgehead atoms. The van der Waals surface area contributed by atoms with Crippen molar-refractivity contribution < 1.29 is 27.8 Å². The molecule has 0 unspecified atom stereocenters. The molecular formula is C12H16F3NO3. The largest absolute Gasteiger partial charge is 0.502 e. The van der Waals surface area contributed by atoms with Crippen molar-refractivity contribution in [2.24, 2.45) is 5.73 Å². The molecule has 0 spiro atoms. The number of aromatic hydroxyl groups is 1. The van der Waals surface area contributed by atoms with Crippen LogP contribution < -0.4 is 15.2 Å². The molecule has 0 saturated heterocycles. The van der Waals surface area contributed by atoms with E-state index in [4.69, 9.17) is 15.2 Å². The Hall–Kier alpha value is -1.63. The van der Waals surface area contributed by atoms with Crippen molar-refractivity contribution in [3.63, 3.8) is 0 Å². The zero-order valence-electron chi connectivity index (χ0n) is 10.6. The van der Waals surface area contributed by atoms with Gasteiger partial charge in [-0.15, -0.1) is 0 Å². The monoisotopic (exact) mass is 279 g/mol. The van der Waals surface area contributed by atoms with Crippen LogP contribution in [0.1, 0.15) is 24.4 Å². The Kier molecular flexibility index (Phi) is 4.88. The zero-order chi connectivity index (χ0) is 14.6. The second-order valence-corrected chi connectivity index (χ2v) is 4.03. The van der Waals surface area contributed by atoms with Gasteiger partial charge in [-0.3, -0.25) is 0 Å². The van der Waals surface area contributed by atoms with E-state index in [0.717, 1.165) is 0 Å². The molecule has 1 aromatic carbocycles. The molecule has 7 heteroatoms. The molecule has 0 radical (unpaired) electrons. The predicted molar refractivity (Wildman–Crippen MR) is 63.4 cm³/mol. The van der Waals surface area contributed by atoms with Gasteiger partial charge in [0.2, 0.25) is 5.75 Å². The van der Waals surface area contributed by atoms with Crippen LogP contribution in [0.4, 0.5) is 13.2 Å². The Morgan fingerprint density at radius 1 is 1.21 bits per heavy atom. The van der Waals surface area contributed by atoms with Gasteiger partial charge in [0.25, 0.3) is 0 Å². The Bertz CT molecular complexity index is 410. The van der Waals surface area contributed by atoms with Crippen molar-refractivity contribution in [2.45, 2.75) is 25.1 Å². The summed E-state index contributed by atoms with van der Waals surface area (Å²) in [7, 11) is 2.67. The molecule has 4 nitrogen and oxygen atoms in total. The maximum atomic E-state index is 12.1. The van der Waals surface area contributed by atoms with Crippen LogP contribution in [0.5, 0.6) is 17.2 Å². The Morgan fingerprint density at radius 3 is 2.05 bits per heavy atom. The lowest BCUT2D eigenvalue weighted by Crippen LogP contribution is -2.16. The highest BCUT2D eigenvalue weighted by Gasteiger charge is 2.28. The number of methoxy groups -OCH3 is 2. The van der Waals surface area contributed by atoms with Crippen molar-refractivity contribution in [3.8, 4) is 17.2 Å². The molecule has 1 rings (SSSR count). The molecule has 0 aliphatic heterocycles. The van der Waals surface area contributed by atoms with Crippen LogP contribution in [0.3, 0.4) is 0 Å². The summed E-state index contributed by atoms with van der Waals surface area (Å²) in [6, 6.07) is 1.99. The van der Waals surface area contributed by atoms with Crippen molar-refractivity contribution in [2.75, 3.05) is 14.2 Å². The van der Waals surface area contributed by atoms with Crippen LogP contribution in [-0.4, -0.2) is 25.5 Å². The van der Waals surface area contributed by atoms with Gasteiger partial charge in [-0.25, -0.2) is 0 Å². The fourth-order valence-electron chi connectivity index (χ4n) is 1.61. The smallest absolute Gasteiger partial charge is 0.389 e.